The van der Waals surface area contributed by atoms with Crippen LogP contribution in [-0.4, -0.2) is 79.0 Å². The van der Waals surface area contributed by atoms with Crippen LogP contribution >= 0.6 is 0 Å². The Kier molecular flexibility index (Phi) is 10.0. The summed E-state index contributed by atoms with van der Waals surface area (Å²) in [5.74, 6) is -1.74. The van der Waals surface area contributed by atoms with Gasteiger partial charge in [0.2, 0.25) is 5.91 Å². The lowest BCUT2D eigenvalue weighted by atomic mass is 9.70. The smallest absolute Gasteiger partial charge is 0.312 e. The Balaban J connectivity index is 1.63. The number of fused-ring (bicyclic) bond motifs is 1. The maximum atomic E-state index is 14.4. The molecule has 40 heavy (non-hydrogen) atoms. The van der Waals surface area contributed by atoms with Crippen molar-refractivity contribution in [2.75, 3.05) is 38.3 Å². The predicted octanol–water partition coefficient (Wildman–Crippen LogP) is 3.65. The van der Waals surface area contributed by atoms with E-state index in [-0.39, 0.29) is 31.6 Å². The highest BCUT2D eigenvalue weighted by Gasteiger charge is 2.75. The van der Waals surface area contributed by atoms with E-state index in [9.17, 15) is 19.5 Å². The van der Waals surface area contributed by atoms with Crippen molar-refractivity contribution in [3.63, 3.8) is 0 Å². The Hall–Kier alpha value is -3.17. The van der Waals surface area contributed by atoms with Crippen LogP contribution in [0.1, 0.15) is 51.4 Å². The average Bonchev–Trinajstić information content (AvgIpc) is 3.61. The topological polar surface area (TPSA) is 106 Å². The summed E-state index contributed by atoms with van der Waals surface area (Å²) in [7, 11) is 1.58. The van der Waals surface area contributed by atoms with Gasteiger partial charge in [0.1, 0.15) is 17.4 Å². The zero-order chi connectivity index (χ0) is 28.7. The standard InChI is InChI=1S/C31H42N2O7/c1-4-6-7-11-21-39-30(37)25-24-16-17-31(40-24)26(25)28(35)33(19-9-8-10-20-34)27(31)29(36)32(18-5-2)22-12-14-23(38-3)15-13-22/h4-5,12-15,24-27,34H,1-2,6-11,16-21H2,3H3/t24-,25+,26-,27?,31?/m0/s1. The molecule has 1 N–H and O–H groups in total. The zero-order valence-electron chi connectivity index (χ0n) is 23.5. The third kappa shape index (κ3) is 5.67. The summed E-state index contributed by atoms with van der Waals surface area (Å²) in [6.45, 7) is 8.50. The normalized spacial score (nSPS) is 26.4. The van der Waals surface area contributed by atoms with E-state index in [1.165, 1.54) is 0 Å². The Labute approximate surface area is 236 Å². The fraction of sp³-hybridized carbons (Fsp3) is 0.581. The number of allylic oxidation sites excluding steroid dienone is 1. The molecule has 3 heterocycles. The second-order valence-corrected chi connectivity index (χ2v) is 10.8. The first-order chi connectivity index (χ1) is 19.4. The molecule has 9 heteroatoms. The van der Waals surface area contributed by atoms with Crippen molar-refractivity contribution in [2.45, 2.75) is 69.1 Å². The summed E-state index contributed by atoms with van der Waals surface area (Å²) in [6, 6.07) is 6.29. The monoisotopic (exact) mass is 554 g/mol. The number of hydrogen-bond acceptors (Lipinski definition) is 7. The van der Waals surface area contributed by atoms with Crippen LogP contribution in [0.4, 0.5) is 5.69 Å². The van der Waals surface area contributed by atoms with Crippen molar-refractivity contribution < 1.29 is 33.7 Å². The van der Waals surface area contributed by atoms with E-state index in [2.05, 4.69) is 13.2 Å². The second kappa shape index (κ2) is 13.5. The molecule has 1 aromatic rings. The Morgan fingerprint density at radius 3 is 2.60 bits per heavy atom. The molecular formula is C31H42N2O7. The van der Waals surface area contributed by atoms with Gasteiger partial charge in [0.15, 0.2) is 0 Å². The molecule has 2 unspecified atom stereocenters. The number of ether oxygens (including phenoxy) is 3. The van der Waals surface area contributed by atoms with Crippen molar-refractivity contribution in [1.29, 1.82) is 0 Å². The average molecular weight is 555 g/mol. The van der Waals surface area contributed by atoms with Gasteiger partial charge in [-0.25, -0.2) is 0 Å². The van der Waals surface area contributed by atoms with Crippen molar-refractivity contribution in [1.82, 2.24) is 4.90 Å². The highest BCUT2D eigenvalue weighted by molar-refractivity contribution is 6.04. The van der Waals surface area contributed by atoms with Gasteiger partial charge in [-0.05, 0) is 75.6 Å². The highest BCUT2D eigenvalue weighted by Crippen LogP contribution is 2.59. The quantitative estimate of drug-likeness (QED) is 0.189. The molecule has 218 valence electrons. The van der Waals surface area contributed by atoms with Crippen molar-refractivity contribution in [3.05, 3.63) is 49.6 Å². The molecule has 2 amide bonds. The van der Waals surface area contributed by atoms with Gasteiger partial charge in [0.25, 0.3) is 5.91 Å². The Morgan fingerprint density at radius 1 is 1.15 bits per heavy atom. The number of benzene rings is 1. The number of nitrogens with zero attached hydrogens (tertiary/aromatic N) is 2. The molecule has 2 bridgehead atoms. The van der Waals surface area contributed by atoms with Gasteiger partial charge in [0, 0.05) is 25.4 Å². The molecule has 5 atom stereocenters. The number of methoxy groups -OCH3 is 1. The van der Waals surface area contributed by atoms with Crippen LogP contribution in [0, 0.1) is 11.8 Å². The van der Waals surface area contributed by atoms with Crippen LogP contribution in [0.2, 0.25) is 0 Å². The number of carbonyl (C=O) groups is 3. The van der Waals surface area contributed by atoms with Crippen LogP contribution in [0.15, 0.2) is 49.6 Å². The molecule has 3 saturated heterocycles. The van der Waals surface area contributed by atoms with E-state index in [4.69, 9.17) is 14.2 Å². The number of hydrogen-bond donors (Lipinski definition) is 1. The lowest BCUT2D eigenvalue weighted by Crippen LogP contribution is -2.56. The number of carbonyl (C=O) groups excluding carboxylic acids is 3. The van der Waals surface area contributed by atoms with E-state index in [1.807, 2.05) is 6.08 Å². The maximum Gasteiger partial charge on any atom is 0.312 e. The molecule has 9 nitrogen and oxygen atoms in total. The summed E-state index contributed by atoms with van der Waals surface area (Å²) >= 11 is 0. The summed E-state index contributed by atoms with van der Waals surface area (Å²) in [4.78, 5) is 45.0. The summed E-state index contributed by atoms with van der Waals surface area (Å²) in [5, 5.41) is 9.24. The van der Waals surface area contributed by atoms with Crippen LogP contribution < -0.4 is 9.64 Å². The molecular weight excluding hydrogens is 512 g/mol. The molecule has 3 aliphatic rings. The first-order valence-corrected chi connectivity index (χ1v) is 14.4. The van der Waals surface area contributed by atoms with E-state index >= 15 is 0 Å². The number of aliphatic hydroxyl groups is 1. The van der Waals surface area contributed by atoms with E-state index < -0.39 is 35.6 Å². The minimum Gasteiger partial charge on any atom is -0.497 e. The minimum absolute atomic E-state index is 0.0684. The van der Waals surface area contributed by atoms with Crippen LogP contribution in [-0.2, 0) is 23.9 Å². The zero-order valence-corrected chi connectivity index (χ0v) is 23.5. The van der Waals surface area contributed by atoms with Gasteiger partial charge in [0.05, 0.1) is 31.7 Å². The van der Waals surface area contributed by atoms with Crippen molar-refractivity contribution >= 4 is 23.5 Å². The lowest BCUT2D eigenvalue weighted by molar-refractivity contribution is -0.155. The molecule has 0 saturated carbocycles. The number of unbranched alkanes of at least 4 members (excludes halogenated alkanes) is 4. The van der Waals surface area contributed by atoms with E-state index in [0.29, 0.717) is 50.1 Å². The number of amides is 2. The molecule has 4 rings (SSSR count). The number of rotatable bonds is 16. The third-order valence-corrected chi connectivity index (χ3v) is 8.37. The highest BCUT2D eigenvalue weighted by atomic mass is 16.6. The molecule has 0 radical (unpaired) electrons. The number of anilines is 1. The number of aliphatic hydroxyl groups excluding tert-OH is 1. The van der Waals surface area contributed by atoms with Crippen LogP contribution in [0.5, 0.6) is 5.75 Å². The maximum absolute atomic E-state index is 14.4. The van der Waals surface area contributed by atoms with Gasteiger partial charge in [-0.1, -0.05) is 12.2 Å². The van der Waals surface area contributed by atoms with Gasteiger partial charge in [-0.15, -0.1) is 13.2 Å². The van der Waals surface area contributed by atoms with Gasteiger partial charge < -0.3 is 29.1 Å². The molecule has 0 aromatic heterocycles. The first kappa shape index (κ1) is 29.8. The summed E-state index contributed by atoms with van der Waals surface area (Å²) in [6.07, 6.45) is 8.54. The molecule has 3 fully saturated rings. The van der Waals surface area contributed by atoms with E-state index in [1.54, 1.807) is 47.3 Å². The summed E-state index contributed by atoms with van der Waals surface area (Å²) < 4.78 is 17.4. The predicted molar refractivity (Wildman–Crippen MR) is 151 cm³/mol. The first-order valence-electron chi connectivity index (χ1n) is 14.4. The largest absolute Gasteiger partial charge is 0.497 e. The van der Waals surface area contributed by atoms with Crippen LogP contribution in [0.25, 0.3) is 0 Å². The second-order valence-electron chi connectivity index (χ2n) is 10.8. The fourth-order valence-electron chi connectivity index (χ4n) is 6.53. The SMILES string of the molecule is C=CCCCCOC(=O)[C@@H]1[C@@H]2CCC3(O2)C(C(=O)N(CC=C)c2ccc(OC)cc2)N(CCCCCO)C(=O)[C@H]13. The third-order valence-electron chi connectivity index (χ3n) is 8.37. The van der Waals surface area contributed by atoms with Crippen LogP contribution in [0.3, 0.4) is 0 Å². The van der Waals surface area contributed by atoms with Gasteiger partial charge >= 0.3 is 5.97 Å². The van der Waals surface area contributed by atoms with Gasteiger partial charge in [-0.2, -0.15) is 0 Å². The van der Waals surface area contributed by atoms with Gasteiger partial charge in [-0.3, -0.25) is 14.4 Å². The lowest BCUT2D eigenvalue weighted by Gasteiger charge is -2.36. The summed E-state index contributed by atoms with van der Waals surface area (Å²) in [5.41, 5.74) is -0.435. The number of likely N-dealkylation sites (tertiary alicyclic amines) is 1. The number of esters is 1. The van der Waals surface area contributed by atoms with E-state index in [0.717, 1.165) is 19.3 Å². The fourth-order valence-corrected chi connectivity index (χ4v) is 6.53. The van der Waals surface area contributed by atoms with Crippen molar-refractivity contribution in [3.8, 4) is 5.75 Å². The minimum atomic E-state index is -1.09. The Morgan fingerprint density at radius 2 is 1.93 bits per heavy atom. The van der Waals surface area contributed by atoms with Crippen molar-refractivity contribution in [2.24, 2.45) is 11.8 Å². The molecule has 0 aliphatic carbocycles. The Bertz CT molecular complexity index is 1070. The molecule has 3 aliphatic heterocycles. The molecule has 1 spiro atoms. The molecule has 1 aromatic carbocycles.